The van der Waals surface area contributed by atoms with Crippen LogP contribution in [0.4, 0.5) is 0 Å². The van der Waals surface area contributed by atoms with Gasteiger partial charge in [-0.3, -0.25) is 9.69 Å². The summed E-state index contributed by atoms with van der Waals surface area (Å²) in [4.78, 5) is 15.4. The first kappa shape index (κ1) is 21.5. The number of likely N-dealkylation sites (tertiary alicyclic amines) is 1. The lowest BCUT2D eigenvalue weighted by atomic mass is 9.88. The van der Waals surface area contributed by atoms with Crippen molar-refractivity contribution in [3.8, 4) is 5.75 Å². The van der Waals surface area contributed by atoms with E-state index in [0.717, 1.165) is 49.2 Å². The Morgan fingerprint density at radius 3 is 2.47 bits per heavy atom. The van der Waals surface area contributed by atoms with Crippen LogP contribution in [-0.2, 0) is 11.3 Å². The van der Waals surface area contributed by atoms with Crippen LogP contribution in [0.3, 0.4) is 0 Å². The molecule has 1 amide bonds. The Balaban J connectivity index is 1.36. The first-order chi connectivity index (χ1) is 14.3. The molecule has 1 fully saturated rings. The van der Waals surface area contributed by atoms with Gasteiger partial charge in [-0.15, -0.1) is 0 Å². The summed E-state index contributed by atoms with van der Waals surface area (Å²) in [5.41, 5.74) is 1.73. The van der Waals surface area contributed by atoms with Crippen LogP contribution in [0.5, 0.6) is 5.75 Å². The average molecular weight is 447 g/mol. The molecule has 0 unspecified atom stereocenters. The van der Waals surface area contributed by atoms with Gasteiger partial charge in [0.15, 0.2) is 0 Å². The highest BCUT2D eigenvalue weighted by Crippen LogP contribution is 2.39. The molecule has 160 valence electrons. The Bertz CT molecular complexity index is 903. The molecular formula is C24H28Cl2N2O2. The van der Waals surface area contributed by atoms with Crippen LogP contribution < -0.4 is 10.1 Å². The van der Waals surface area contributed by atoms with Crippen LogP contribution in [-0.4, -0.2) is 29.5 Å². The molecule has 0 radical (unpaired) electrons. The third-order valence-corrected chi connectivity index (χ3v) is 6.80. The van der Waals surface area contributed by atoms with Gasteiger partial charge in [-0.25, -0.2) is 0 Å². The maximum absolute atomic E-state index is 13.0. The van der Waals surface area contributed by atoms with Crippen molar-refractivity contribution in [2.45, 2.75) is 51.3 Å². The van der Waals surface area contributed by atoms with Crippen molar-refractivity contribution in [1.29, 1.82) is 0 Å². The van der Waals surface area contributed by atoms with Crippen molar-refractivity contribution >= 4 is 29.1 Å². The number of carbonyl (C=O) groups excluding carboxylic acids is 1. The average Bonchev–Trinajstić information content (AvgIpc) is 2.70. The summed E-state index contributed by atoms with van der Waals surface area (Å²) >= 11 is 12.6. The highest BCUT2D eigenvalue weighted by atomic mass is 35.5. The van der Waals surface area contributed by atoms with Crippen LogP contribution in [0.25, 0.3) is 0 Å². The lowest BCUT2D eigenvalue weighted by Gasteiger charge is -2.39. The van der Waals surface area contributed by atoms with Crippen LogP contribution in [0.1, 0.15) is 50.3 Å². The SMILES string of the molecule is CC1(C)C[C@@H](NC(=O)C2CCN(Cc3c(Cl)cccc3Cl)CC2)c2ccccc2O1. The van der Waals surface area contributed by atoms with Crippen molar-refractivity contribution in [3.63, 3.8) is 0 Å². The number of fused-ring (bicyclic) bond motifs is 1. The zero-order valence-corrected chi connectivity index (χ0v) is 19.0. The fourth-order valence-corrected chi connectivity index (χ4v) is 5.00. The second-order valence-electron chi connectivity index (χ2n) is 8.92. The summed E-state index contributed by atoms with van der Waals surface area (Å²) in [6.07, 6.45) is 2.43. The molecule has 0 spiro atoms. The van der Waals surface area contributed by atoms with Gasteiger partial charge in [0.05, 0.1) is 6.04 Å². The number of halogens is 2. The Morgan fingerprint density at radius 1 is 1.10 bits per heavy atom. The van der Waals surface area contributed by atoms with Gasteiger partial charge in [0, 0.05) is 40.1 Å². The van der Waals surface area contributed by atoms with Gasteiger partial charge < -0.3 is 10.1 Å². The number of para-hydroxylation sites is 1. The van der Waals surface area contributed by atoms with Crippen molar-refractivity contribution < 1.29 is 9.53 Å². The zero-order chi connectivity index (χ0) is 21.3. The second-order valence-corrected chi connectivity index (χ2v) is 9.73. The molecule has 1 atom stereocenters. The first-order valence-corrected chi connectivity index (χ1v) is 11.3. The molecular weight excluding hydrogens is 419 g/mol. The minimum Gasteiger partial charge on any atom is -0.487 e. The summed E-state index contributed by atoms with van der Waals surface area (Å²) in [5.74, 6) is 1.04. The molecule has 2 aromatic rings. The van der Waals surface area contributed by atoms with E-state index < -0.39 is 0 Å². The van der Waals surface area contributed by atoms with Gasteiger partial charge in [-0.05, 0) is 58.0 Å². The van der Waals surface area contributed by atoms with E-state index in [1.165, 1.54) is 0 Å². The minimum absolute atomic E-state index is 0.0163. The van der Waals surface area contributed by atoms with Crippen LogP contribution in [0, 0.1) is 5.92 Å². The van der Waals surface area contributed by atoms with Gasteiger partial charge in [-0.2, -0.15) is 0 Å². The van der Waals surface area contributed by atoms with E-state index in [9.17, 15) is 4.79 Å². The lowest BCUT2D eigenvalue weighted by molar-refractivity contribution is -0.127. The number of carbonyl (C=O) groups is 1. The standard InChI is InChI=1S/C24H28Cl2N2O2/c1-24(2)14-21(17-6-3-4-9-22(17)30-24)27-23(29)16-10-12-28(13-11-16)15-18-19(25)7-5-8-20(18)26/h3-9,16,21H,10-15H2,1-2H3,(H,27,29)/t21-/m1/s1. The van der Waals surface area contributed by atoms with Gasteiger partial charge in [0.2, 0.25) is 5.91 Å². The van der Waals surface area contributed by atoms with Crippen LogP contribution in [0.15, 0.2) is 42.5 Å². The van der Waals surface area contributed by atoms with E-state index >= 15 is 0 Å². The van der Waals surface area contributed by atoms with Gasteiger partial charge in [-0.1, -0.05) is 47.5 Å². The van der Waals surface area contributed by atoms with E-state index in [-0.39, 0.29) is 23.5 Å². The highest BCUT2D eigenvalue weighted by molar-refractivity contribution is 6.35. The number of nitrogens with one attached hydrogen (secondary N) is 1. The second kappa shape index (κ2) is 8.78. The molecule has 1 N–H and O–H groups in total. The molecule has 2 aliphatic rings. The third-order valence-electron chi connectivity index (χ3n) is 6.09. The topological polar surface area (TPSA) is 41.6 Å². The lowest BCUT2D eigenvalue weighted by Crippen LogP contribution is -2.45. The number of benzene rings is 2. The van der Waals surface area contributed by atoms with Crippen molar-refractivity contribution in [1.82, 2.24) is 10.2 Å². The Labute approximate surface area is 188 Å². The van der Waals surface area contributed by atoms with Crippen molar-refractivity contribution in [2.75, 3.05) is 13.1 Å². The van der Waals surface area contributed by atoms with Gasteiger partial charge in [0.25, 0.3) is 0 Å². The molecule has 0 saturated carbocycles. The molecule has 2 aliphatic heterocycles. The number of hydrogen-bond acceptors (Lipinski definition) is 3. The summed E-state index contributed by atoms with van der Waals surface area (Å²) in [6.45, 7) is 6.57. The quantitative estimate of drug-likeness (QED) is 0.661. The van der Waals surface area contributed by atoms with Crippen molar-refractivity contribution in [3.05, 3.63) is 63.6 Å². The summed E-state index contributed by atoms with van der Waals surface area (Å²) in [5, 5.41) is 4.70. The summed E-state index contributed by atoms with van der Waals surface area (Å²) in [7, 11) is 0. The Hall–Kier alpha value is -1.75. The number of rotatable bonds is 4. The highest BCUT2D eigenvalue weighted by Gasteiger charge is 2.36. The number of piperidine rings is 1. The molecule has 0 aromatic heterocycles. The largest absolute Gasteiger partial charge is 0.487 e. The van der Waals surface area contributed by atoms with Crippen molar-refractivity contribution in [2.24, 2.45) is 5.92 Å². The van der Waals surface area contributed by atoms with Gasteiger partial charge >= 0.3 is 0 Å². The summed E-state index contributed by atoms with van der Waals surface area (Å²) < 4.78 is 6.09. The predicted octanol–water partition coefficient (Wildman–Crippen LogP) is 5.62. The molecule has 0 bridgehead atoms. The number of nitrogens with zero attached hydrogens (tertiary/aromatic N) is 1. The normalized spacial score (nSPS) is 21.5. The zero-order valence-electron chi connectivity index (χ0n) is 17.5. The van der Waals surface area contributed by atoms with E-state index in [0.29, 0.717) is 16.6 Å². The van der Waals surface area contributed by atoms with E-state index in [1.54, 1.807) is 0 Å². The molecule has 4 rings (SSSR count). The molecule has 2 heterocycles. The third kappa shape index (κ3) is 4.77. The maximum Gasteiger partial charge on any atom is 0.223 e. The first-order valence-electron chi connectivity index (χ1n) is 10.6. The van der Waals surface area contributed by atoms with Crippen LogP contribution in [0.2, 0.25) is 10.0 Å². The monoisotopic (exact) mass is 446 g/mol. The van der Waals surface area contributed by atoms with Crippen LogP contribution >= 0.6 is 23.2 Å². The predicted molar refractivity (Wildman–Crippen MR) is 121 cm³/mol. The maximum atomic E-state index is 13.0. The fourth-order valence-electron chi connectivity index (χ4n) is 4.48. The summed E-state index contributed by atoms with van der Waals surface area (Å²) in [6, 6.07) is 13.6. The molecule has 6 heteroatoms. The Morgan fingerprint density at radius 2 is 1.77 bits per heavy atom. The number of ether oxygens (including phenoxy) is 1. The fraction of sp³-hybridized carbons (Fsp3) is 0.458. The minimum atomic E-state index is -0.302. The molecule has 30 heavy (non-hydrogen) atoms. The number of amides is 1. The molecule has 1 saturated heterocycles. The number of hydrogen-bond donors (Lipinski definition) is 1. The molecule has 0 aliphatic carbocycles. The van der Waals surface area contributed by atoms with Gasteiger partial charge in [0.1, 0.15) is 11.4 Å². The smallest absolute Gasteiger partial charge is 0.223 e. The molecule has 2 aromatic carbocycles. The van der Waals surface area contributed by atoms with E-state index in [2.05, 4.69) is 24.1 Å². The molecule has 4 nitrogen and oxygen atoms in total. The van der Waals surface area contributed by atoms with E-state index in [4.69, 9.17) is 27.9 Å². The van der Waals surface area contributed by atoms with E-state index in [1.807, 2.05) is 42.5 Å². The Kier molecular flexibility index (Phi) is 6.29.